The number of fused-ring (bicyclic) bond motifs is 3. The minimum absolute atomic E-state index is 0.0725. The molecule has 0 amide bonds. The molecule has 0 radical (unpaired) electrons. The molecule has 2 atom stereocenters. The molecule has 0 saturated carbocycles. The number of likely N-dealkylation sites (tertiary alicyclic amines) is 1. The Bertz CT molecular complexity index is 1270. The van der Waals surface area contributed by atoms with Crippen molar-refractivity contribution in [3.63, 3.8) is 0 Å². The van der Waals surface area contributed by atoms with Crippen LogP contribution in [0.15, 0.2) is 24.7 Å². The van der Waals surface area contributed by atoms with Crippen LogP contribution in [0.1, 0.15) is 13.8 Å². The molecule has 6 rings (SSSR count). The van der Waals surface area contributed by atoms with Crippen molar-refractivity contribution in [3.05, 3.63) is 29.7 Å². The van der Waals surface area contributed by atoms with Gasteiger partial charge in [0.1, 0.15) is 54.9 Å². The molecule has 0 spiro atoms. The minimum atomic E-state index is -0.0778. The van der Waals surface area contributed by atoms with Crippen molar-refractivity contribution in [3.8, 4) is 23.1 Å². The first kappa shape index (κ1) is 23.3. The van der Waals surface area contributed by atoms with Crippen molar-refractivity contribution in [1.82, 2.24) is 19.9 Å². The SMILES string of the molecule is CC(C)Oc1cc(OCCN2CC3OCOC3C2)cc2ncnc(Nc3c(Cl)cnc4c3OCO4)c12. The third-order valence-electron chi connectivity index (χ3n) is 6.17. The minimum Gasteiger partial charge on any atom is -0.492 e. The predicted octanol–water partition coefficient (Wildman–Crippen LogP) is 3.37. The first-order valence-corrected chi connectivity index (χ1v) is 12.2. The lowest BCUT2D eigenvalue weighted by Crippen LogP contribution is -2.28. The van der Waals surface area contributed by atoms with Gasteiger partial charge in [-0.15, -0.1) is 0 Å². The predicted molar refractivity (Wildman–Crippen MR) is 131 cm³/mol. The molecule has 3 aliphatic rings. The molecule has 3 aliphatic heterocycles. The summed E-state index contributed by atoms with van der Waals surface area (Å²) in [4.78, 5) is 15.4. The van der Waals surface area contributed by atoms with Crippen LogP contribution in [0, 0.1) is 0 Å². The van der Waals surface area contributed by atoms with Crippen LogP contribution in [0.4, 0.5) is 11.5 Å². The Kier molecular flexibility index (Phi) is 6.30. The number of benzene rings is 1. The van der Waals surface area contributed by atoms with E-state index in [4.69, 9.17) is 40.0 Å². The molecule has 2 aromatic heterocycles. The zero-order valence-corrected chi connectivity index (χ0v) is 20.7. The number of ether oxygens (including phenoxy) is 6. The molecule has 1 N–H and O–H groups in total. The highest BCUT2D eigenvalue weighted by Gasteiger charge is 2.38. The van der Waals surface area contributed by atoms with Crippen LogP contribution < -0.4 is 24.3 Å². The summed E-state index contributed by atoms with van der Waals surface area (Å²) in [5, 5.41) is 4.34. The van der Waals surface area contributed by atoms with E-state index < -0.39 is 0 Å². The lowest BCUT2D eigenvalue weighted by atomic mass is 10.2. The molecule has 1 aromatic carbocycles. The normalized spacial score (nSPS) is 20.8. The van der Waals surface area contributed by atoms with Gasteiger partial charge < -0.3 is 33.7 Å². The Balaban J connectivity index is 1.26. The van der Waals surface area contributed by atoms with E-state index in [0.717, 1.165) is 19.6 Å². The quantitative estimate of drug-likeness (QED) is 0.476. The molecular formula is C24H26ClN5O6. The molecule has 36 heavy (non-hydrogen) atoms. The van der Waals surface area contributed by atoms with Crippen molar-refractivity contribution >= 4 is 34.0 Å². The highest BCUT2D eigenvalue weighted by Crippen LogP contribution is 2.44. The van der Waals surface area contributed by atoms with Crippen molar-refractivity contribution < 1.29 is 28.4 Å². The second kappa shape index (κ2) is 9.74. The number of hydrogen-bond acceptors (Lipinski definition) is 11. The highest BCUT2D eigenvalue weighted by atomic mass is 35.5. The molecule has 3 aromatic rings. The van der Waals surface area contributed by atoms with Gasteiger partial charge in [0, 0.05) is 31.8 Å². The van der Waals surface area contributed by atoms with E-state index in [1.165, 1.54) is 12.5 Å². The van der Waals surface area contributed by atoms with Gasteiger partial charge in [-0.3, -0.25) is 4.90 Å². The van der Waals surface area contributed by atoms with Crippen LogP contribution in [0.3, 0.4) is 0 Å². The smallest absolute Gasteiger partial charge is 0.262 e. The average molecular weight is 516 g/mol. The molecule has 11 nitrogen and oxygen atoms in total. The Morgan fingerprint density at radius 3 is 2.75 bits per heavy atom. The second-order valence-electron chi connectivity index (χ2n) is 8.99. The van der Waals surface area contributed by atoms with Gasteiger partial charge in [-0.05, 0) is 13.8 Å². The van der Waals surface area contributed by atoms with E-state index in [1.807, 2.05) is 26.0 Å². The average Bonchev–Trinajstić information content (AvgIpc) is 3.57. The Morgan fingerprint density at radius 1 is 1.11 bits per heavy atom. The largest absolute Gasteiger partial charge is 0.492 e. The third-order valence-corrected chi connectivity index (χ3v) is 6.45. The number of nitrogens with zero attached hydrogens (tertiary/aromatic N) is 4. The summed E-state index contributed by atoms with van der Waals surface area (Å²) in [5.74, 6) is 2.57. The first-order chi connectivity index (χ1) is 17.5. The Morgan fingerprint density at radius 2 is 1.94 bits per heavy atom. The van der Waals surface area contributed by atoms with Gasteiger partial charge in [0.2, 0.25) is 12.5 Å². The van der Waals surface area contributed by atoms with E-state index >= 15 is 0 Å². The topological polar surface area (TPSA) is 109 Å². The van der Waals surface area contributed by atoms with Gasteiger partial charge in [0.15, 0.2) is 0 Å². The summed E-state index contributed by atoms with van der Waals surface area (Å²) in [6.45, 7) is 7.37. The fourth-order valence-corrected chi connectivity index (χ4v) is 4.73. The summed E-state index contributed by atoms with van der Waals surface area (Å²) in [6.07, 6.45) is 3.22. The van der Waals surface area contributed by atoms with E-state index in [-0.39, 0.29) is 25.1 Å². The van der Waals surface area contributed by atoms with Crippen LogP contribution in [0.5, 0.6) is 23.1 Å². The molecule has 0 aliphatic carbocycles. The lowest BCUT2D eigenvalue weighted by Gasteiger charge is -2.19. The van der Waals surface area contributed by atoms with Crippen molar-refractivity contribution in [2.45, 2.75) is 32.2 Å². The van der Waals surface area contributed by atoms with Crippen molar-refractivity contribution in [1.29, 1.82) is 0 Å². The fraction of sp³-hybridized carbons (Fsp3) is 0.458. The summed E-state index contributed by atoms with van der Waals surface area (Å²) < 4.78 is 34.4. The van der Waals surface area contributed by atoms with Crippen molar-refractivity contribution in [2.24, 2.45) is 0 Å². The summed E-state index contributed by atoms with van der Waals surface area (Å²) in [6, 6.07) is 3.73. The highest BCUT2D eigenvalue weighted by molar-refractivity contribution is 6.33. The molecule has 0 bridgehead atoms. The van der Waals surface area contributed by atoms with Gasteiger partial charge >= 0.3 is 0 Å². The maximum absolute atomic E-state index is 6.43. The zero-order valence-electron chi connectivity index (χ0n) is 19.9. The molecule has 2 unspecified atom stereocenters. The first-order valence-electron chi connectivity index (χ1n) is 11.8. The Labute approximate surface area is 212 Å². The molecule has 190 valence electrons. The summed E-state index contributed by atoms with van der Waals surface area (Å²) >= 11 is 6.43. The van der Waals surface area contributed by atoms with E-state index in [2.05, 4.69) is 25.2 Å². The van der Waals surface area contributed by atoms with Crippen molar-refractivity contribution in [2.75, 3.05) is 45.1 Å². The second-order valence-corrected chi connectivity index (χ2v) is 9.39. The number of anilines is 2. The molecular weight excluding hydrogens is 490 g/mol. The fourth-order valence-electron chi connectivity index (χ4n) is 4.55. The number of rotatable bonds is 8. The molecule has 2 saturated heterocycles. The van der Waals surface area contributed by atoms with Gasteiger partial charge in [-0.25, -0.2) is 15.0 Å². The maximum Gasteiger partial charge on any atom is 0.262 e. The summed E-state index contributed by atoms with van der Waals surface area (Å²) in [7, 11) is 0. The molecule has 2 fully saturated rings. The van der Waals surface area contributed by atoms with Gasteiger partial charge in [0.05, 0.1) is 28.2 Å². The lowest BCUT2D eigenvalue weighted by molar-refractivity contribution is 0.0140. The number of aromatic nitrogens is 3. The van der Waals surface area contributed by atoms with Crippen LogP contribution in [0.2, 0.25) is 5.02 Å². The van der Waals surface area contributed by atoms with E-state index in [9.17, 15) is 0 Å². The van der Waals surface area contributed by atoms with Crippen LogP contribution >= 0.6 is 11.6 Å². The zero-order chi connectivity index (χ0) is 24.6. The number of hydrogen-bond donors (Lipinski definition) is 1. The molecule has 5 heterocycles. The Hall–Kier alpha value is -3.12. The van der Waals surface area contributed by atoms with Crippen LogP contribution in [-0.2, 0) is 9.47 Å². The number of pyridine rings is 1. The third kappa shape index (κ3) is 4.55. The van der Waals surface area contributed by atoms with Crippen LogP contribution in [0.25, 0.3) is 10.9 Å². The van der Waals surface area contributed by atoms with Crippen LogP contribution in [-0.4, -0.2) is 78.0 Å². The summed E-state index contributed by atoms with van der Waals surface area (Å²) in [5.41, 5.74) is 1.18. The monoisotopic (exact) mass is 515 g/mol. The molecule has 12 heteroatoms. The van der Waals surface area contributed by atoms with Gasteiger partial charge in [0.25, 0.3) is 5.88 Å². The van der Waals surface area contributed by atoms with Gasteiger partial charge in [-0.1, -0.05) is 11.6 Å². The van der Waals surface area contributed by atoms with E-state index in [1.54, 1.807) is 0 Å². The number of nitrogens with one attached hydrogen (secondary N) is 1. The maximum atomic E-state index is 6.43. The standard InChI is InChI=1S/C24H26ClN5O6/c1-13(2)36-17-6-14(31-4-3-30-8-18-19(9-30)33-11-32-18)5-16-20(17)23(28-10-27-16)29-21-15(25)7-26-24-22(21)34-12-35-24/h5-7,10,13,18-19H,3-4,8-9,11-12H2,1-2H3,(H,26,27,28,29). The number of halogens is 1. The van der Waals surface area contributed by atoms with Gasteiger partial charge in [-0.2, -0.15) is 0 Å². The van der Waals surface area contributed by atoms with E-state index in [0.29, 0.717) is 64.0 Å².